The number of hydrogen-bond donors (Lipinski definition) is 1. The molecular weight excluding hydrogens is 435 g/mol. The number of aromatic nitrogens is 2. The van der Waals surface area contributed by atoms with Gasteiger partial charge in [0.05, 0.1) is 12.3 Å². The number of carbonyl (C=O) groups excluding carboxylic acids is 1. The van der Waals surface area contributed by atoms with Gasteiger partial charge < -0.3 is 19.5 Å². The number of aliphatic hydroxyl groups excluding tert-OH is 1. The van der Waals surface area contributed by atoms with Crippen molar-refractivity contribution in [2.24, 2.45) is 5.92 Å². The topological polar surface area (TPSA) is 75.5 Å². The number of benzene rings is 1. The van der Waals surface area contributed by atoms with Crippen LogP contribution in [0.5, 0.6) is 5.75 Å². The number of aldehydes is 1. The van der Waals surface area contributed by atoms with E-state index in [1.54, 1.807) is 6.20 Å². The van der Waals surface area contributed by atoms with E-state index in [0.717, 1.165) is 68.3 Å². The molecule has 1 aromatic heterocycles. The summed E-state index contributed by atoms with van der Waals surface area (Å²) >= 11 is 0. The smallest absolute Gasteiger partial charge is 0.389 e. The van der Waals surface area contributed by atoms with Gasteiger partial charge in [0.2, 0.25) is 0 Å². The van der Waals surface area contributed by atoms with E-state index >= 15 is 0 Å². The van der Waals surface area contributed by atoms with E-state index < -0.39 is 12.6 Å². The summed E-state index contributed by atoms with van der Waals surface area (Å²) in [4.78, 5) is 22.6. The molecule has 1 aromatic carbocycles. The minimum Gasteiger partial charge on any atom is -0.493 e. The van der Waals surface area contributed by atoms with Crippen molar-refractivity contribution in [3.8, 4) is 17.0 Å². The van der Waals surface area contributed by atoms with Crippen molar-refractivity contribution in [2.75, 3.05) is 31.7 Å². The zero-order chi connectivity index (χ0) is 23.8. The number of hydrogen-bond acceptors (Lipinski definition) is 6. The first-order chi connectivity index (χ1) is 15.9. The number of nitrogens with zero attached hydrogens (tertiary/aromatic N) is 3. The molecular formula is C24H30F3N3O3. The summed E-state index contributed by atoms with van der Waals surface area (Å²) in [5.41, 5.74) is 3.33. The molecule has 2 aliphatic rings. The van der Waals surface area contributed by atoms with Crippen LogP contribution in [0.2, 0.25) is 0 Å². The van der Waals surface area contributed by atoms with Crippen LogP contribution in [0.15, 0.2) is 24.4 Å². The van der Waals surface area contributed by atoms with E-state index in [1.807, 2.05) is 12.1 Å². The predicted molar refractivity (Wildman–Crippen MR) is 119 cm³/mol. The first kappa shape index (κ1) is 25.0. The summed E-state index contributed by atoms with van der Waals surface area (Å²) in [5.74, 6) is 1.62. The van der Waals surface area contributed by atoms with E-state index in [9.17, 15) is 18.0 Å². The second kappa shape index (κ2) is 11.4. The summed E-state index contributed by atoms with van der Waals surface area (Å²) in [6.45, 7) is 2.06. The Balaban J connectivity index is 0.00000149. The number of carbonyl (C=O) groups is 1. The number of ether oxygens (including phenoxy) is 1. The lowest BCUT2D eigenvalue weighted by Gasteiger charge is -2.32. The van der Waals surface area contributed by atoms with Crippen LogP contribution in [0.4, 0.5) is 19.0 Å². The van der Waals surface area contributed by atoms with Gasteiger partial charge in [-0.05, 0) is 62.3 Å². The molecule has 0 amide bonds. The fourth-order valence-corrected chi connectivity index (χ4v) is 4.18. The monoisotopic (exact) mass is 465 g/mol. The number of piperidine rings is 1. The van der Waals surface area contributed by atoms with Gasteiger partial charge in [0.25, 0.3) is 0 Å². The maximum absolute atomic E-state index is 12.5. The van der Waals surface area contributed by atoms with Crippen molar-refractivity contribution in [3.05, 3.63) is 35.7 Å². The number of aliphatic hydroxyl groups is 1. The summed E-state index contributed by atoms with van der Waals surface area (Å²) < 4.78 is 43.3. The Morgan fingerprint density at radius 1 is 1.24 bits per heavy atom. The van der Waals surface area contributed by atoms with Crippen molar-refractivity contribution in [1.29, 1.82) is 0 Å². The Labute approximate surface area is 191 Å². The molecule has 6 nitrogen and oxygen atoms in total. The first-order valence-electron chi connectivity index (χ1n) is 11.3. The highest BCUT2D eigenvalue weighted by atomic mass is 19.4. The van der Waals surface area contributed by atoms with Gasteiger partial charge in [-0.3, -0.25) is 4.98 Å². The molecule has 1 fully saturated rings. The third-order valence-corrected chi connectivity index (χ3v) is 5.91. The van der Waals surface area contributed by atoms with Crippen LogP contribution in [0, 0.1) is 5.92 Å². The summed E-state index contributed by atoms with van der Waals surface area (Å²) in [6, 6.07) is 5.98. The van der Waals surface area contributed by atoms with Crippen molar-refractivity contribution < 1.29 is 27.8 Å². The molecule has 0 radical (unpaired) electrons. The Morgan fingerprint density at radius 3 is 2.70 bits per heavy atom. The molecule has 2 aliphatic heterocycles. The summed E-state index contributed by atoms with van der Waals surface area (Å²) in [7, 11) is 1.00. The summed E-state index contributed by atoms with van der Waals surface area (Å²) in [6.07, 6.45) is 1.17. The molecule has 33 heavy (non-hydrogen) atoms. The van der Waals surface area contributed by atoms with Crippen LogP contribution in [0.1, 0.15) is 43.4 Å². The predicted octanol–water partition coefficient (Wildman–Crippen LogP) is 4.38. The second-order valence-corrected chi connectivity index (χ2v) is 8.24. The van der Waals surface area contributed by atoms with E-state index in [1.165, 1.54) is 0 Å². The lowest BCUT2D eigenvalue weighted by Crippen LogP contribution is -2.35. The largest absolute Gasteiger partial charge is 0.493 e. The molecule has 180 valence electrons. The number of rotatable bonds is 6. The Kier molecular flexibility index (Phi) is 8.66. The third kappa shape index (κ3) is 6.66. The fourth-order valence-electron chi connectivity index (χ4n) is 4.18. The van der Waals surface area contributed by atoms with E-state index in [0.29, 0.717) is 24.6 Å². The molecule has 9 heteroatoms. The third-order valence-electron chi connectivity index (χ3n) is 5.91. The van der Waals surface area contributed by atoms with E-state index in [2.05, 4.69) is 16.0 Å². The number of alkyl halides is 3. The maximum atomic E-state index is 12.5. The van der Waals surface area contributed by atoms with Crippen molar-refractivity contribution in [2.45, 2.75) is 51.1 Å². The minimum atomic E-state index is -4.17. The van der Waals surface area contributed by atoms with Crippen LogP contribution in [-0.2, 0) is 17.6 Å². The molecule has 0 spiro atoms. The standard InChI is InChI=1S/C23H26F3N3O2.CH4O/c24-23(25,26)9-1-4-19-14-27-21(18-5-6-20-17(13-18)3-2-12-31-20)22(28-19)29-10-7-16(15-30)8-11-29;1-2/h5-6,13-16H,1-4,7-12H2;2H,1H3. The van der Waals surface area contributed by atoms with Gasteiger partial charge in [-0.25, -0.2) is 4.98 Å². The molecule has 0 bridgehead atoms. The Hall–Kier alpha value is -2.68. The molecule has 3 heterocycles. The lowest BCUT2D eigenvalue weighted by molar-refractivity contribution is -0.135. The molecule has 0 saturated carbocycles. The molecule has 4 rings (SSSR count). The average Bonchev–Trinajstić information content (AvgIpc) is 2.84. The Bertz CT molecular complexity index is 929. The Morgan fingerprint density at radius 2 is 2.00 bits per heavy atom. The fraction of sp³-hybridized carbons (Fsp3) is 0.542. The molecule has 1 saturated heterocycles. The molecule has 2 aromatic rings. The van der Waals surface area contributed by atoms with Crippen molar-refractivity contribution in [1.82, 2.24) is 9.97 Å². The number of fused-ring (bicyclic) bond motifs is 1. The maximum Gasteiger partial charge on any atom is 0.389 e. The highest BCUT2D eigenvalue weighted by molar-refractivity contribution is 5.74. The SMILES string of the molecule is CO.O=CC1CCN(c2nc(CCCC(F)(F)F)cnc2-c2ccc3c(c2)CCCO3)CC1. The van der Waals surface area contributed by atoms with Gasteiger partial charge in [-0.1, -0.05) is 0 Å². The summed E-state index contributed by atoms with van der Waals surface area (Å²) in [5, 5.41) is 7.00. The lowest BCUT2D eigenvalue weighted by atomic mass is 9.97. The van der Waals surface area contributed by atoms with Gasteiger partial charge in [0.1, 0.15) is 17.7 Å². The van der Waals surface area contributed by atoms with Gasteiger partial charge >= 0.3 is 6.18 Å². The highest BCUT2D eigenvalue weighted by Gasteiger charge is 2.27. The van der Waals surface area contributed by atoms with Crippen molar-refractivity contribution in [3.63, 3.8) is 0 Å². The molecule has 0 atom stereocenters. The van der Waals surface area contributed by atoms with Gasteiger partial charge in [-0.15, -0.1) is 0 Å². The van der Waals surface area contributed by atoms with Crippen LogP contribution in [0.3, 0.4) is 0 Å². The second-order valence-electron chi connectivity index (χ2n) is 8.24. The van der Waals surface area contributed by atoms with Crippen LogP contribution < -0.4 is 9.64 Å². The van der Waals surface area contributed by atoms with Crippen LogP contribution in [0.25, 0.3) is 11.3 Å². The quantitative estimate of drug-likeness (QED) is 0.639. The van der Waals surface area contributed by atoms with Crippen molar-refractivity contribution >= 4 is 12.1 Å². The minimum absolute atomic E-state index is 0.0135. The van der Waals surface area contributed by atoms with Gasteiger partial charge in [0.15, 0.2) is 5.82 Å². The highest BCUT2D eigenvalue weighted by Crippen LogP contribution is 2.34. The number of halogens is 3. The van der Waals surface area contributed by atoms with Crippen LogP contribution in [-0.4, -0.2) is 54.3 Å². The molecule has 0 aliphatic carbocycles. The zero-order valence-corrected chi connectivity index (χ0v) is 18.8. The van der Waals surface area contributed by atoms with E-state index in [4.69, 9.17) is 14.8 Å². The zero-order valence-electron chi connectivity index (χ0n) is 18.8. The van der Waals surface area contributed by atoms with Crippen LogP contribution >= 0.6 is 0 Å². The van der Waals surface area contributed by atoms with Gasteiger partial charge in [-0.2, -0.15) is 13.2 Å². The van der Waals surface area contributed by atoms with Gasteiger partial charge in [0, 0.05) is 44.3 Å². The number of aryl methyl sites for hydroxylation is 2. The molecule has 0 unspecified atom stereocenters. The van der Waals surface area contributed by atoms with E-state index in [-0.39, 0.29) is 18.8 Å². The molecule has 1 N–H and O–H groups in total. The normalized spacial score (nSPS) is 16.3. The average molecular weight is 466 g/mol. The number of anilines is 1. The first-order valence-corrected chi connectivity index (χ1v) is 11.3.